The molecular weight excluding hydrogens is 449 g/mol. The fourth-order valence-corrected chi connectivity index (χ4v) is 4.23. The van der Waals surface area contributed by atoms with E-state index in [0.717, 1.165) is 17.9 Å². The van der Waals surface area contributed by atoms with Crippen molar-refractivity contribution in [2.24, 2.45) is 5.16 Å². The fraction of sp³-hybridized carbons (Fsp3) is 0.333. The Bertz CT molecular complexity index is 1190. The Morgan fingerprint density at radius 3 is 2.67 bits per heavy atom. The number of hydrogen-bond donors (Lipinski definition) is 1. The lowest BCUT2D eigenvalue weighted by atomic mass is 9.81. The van der Waals surface area contributed by atoms with Crippen LogP contribution in [0, 0.1) is 5.82 Å². The van der Waals surface area contributed by atoms with Gasteiger partial charge in [-0.3, -0.25) is 4.79 Å². The van der Waals surface area contributed by atoms with Gasteiger partial charge in [-0.25, -0.2) is 12.8 Å². The van der Waals surface area contributed by atoms with E-state index in [-0.39, 0.29) is 34.5 Å². The van der Waals surface area contributed by atoms with E-state index >= 15 is 0 Å². The van der Waals surface area contributed by atoms with Crippen molar-refractivity contribution in [2.45, 2.75) is 43.4 Å². The van der Waals surface area contributed by atoms with Gasteiger partial charge >= 0.3 is 0 Å². The quantitative estimate of drug-likeness (QED) is 0.401. The number of aliphatic hydroxyl groups excluding tert-OH is 1. The Labute approximate surface area is 192 Å². The first-order chi connectivity index (χ1) is 15.7. The Hall–Kier alpha value is -3.20. The highest BCUT2D eigenvalue weighted by molar-refractivity contribution is 7.90. The van der Waals surface area contributed by atoms with Crippen molar-refractivity contribution in [1.82, 2.24) is 0 Å². The molecule has 7 nitrogen and oxygen atoms in total. The summed E-state index contributed by atoms with van der Waals surface area (Å²) in [5.74, 6) is -0.865. The van der Waals surface area contributed by atoms with Crippen molar-refractivity contribution in [3.05, 3.63) is 65.2 Å². The Kier molecular flexibility index (Phi) is 7.86. The molecule has 0 fully saturated rings. The third kappa shape index (κ3) is 6.41. The van der Waals surface area contributed by atoms with Gasteiger partial charge in [-0.05, 0) is 61.6 Å². The lowest BCUT2D eigenvalue weighted by Crippen LogP contribution is -2.18. The maximum absolute atomic E-state index is 14.3. The highest BCUT2D eigenvalue weighted by Crippen LogP contribution is 2.37. The first-order valence-electron chi connectivity index (χ1n) is 10.5. The van der Waals surface area contributed by atoms with Crippen LogP contribution in [0.5, 0.6) is 11.5 Å². The molecule has 9 heteroatoms. The van der Waals surface area contributed by atoms with Gasteiger partial charge in [0.2, 0.25) is 0 Å². The van der Waals surface area contributed by atoms with Crippen molar-refractivity contribution in [1.29, 1.82) is 0 Å². The molecule has 2 aromatic rings. The number of Topliss-reactive ketones (excluding diaryl/α,β-unsaturated/α-hetero) is 1. The van der Waals surface area contributed by atoms with E-state index in [1.807, 2.05) is 13.0 Å². The second-order valence-corrected chi connectivity index (χ2v) is 9.75. The number of ether oxygens (including phenoxy) is 1. The zero-order valence-electron chi connectivity index (χ0n) is 18.5. The second-order valence-electron chi connectivity index (χ2n) is 7.74. The summed E-state index contributed by atoms with van der Waals surface area (Å²) in [5, 5.41) is 14.2. The highest BCUT2D eigenvalue weighted by atomic mass is 32.2. The highest BCUT2D eigenvalue weighted by Gasteiger charge is 2.28. The summed E-state index contributed by atoms with van der Waals surface area (Å²) in [6.07, 6.45) is 4.00. The molecule has 0 bridgehead atoms. The number of halogens is 1. The number of carbonyl (C=O) groups is 1. The fourth-order valence-electron chi connectivity index (χ4n) is 3.60. The largest absolute Gasteiger partial charge is 0.512 e. The first kappa shape index (κ1) is 24.4. The van der Waals surface area contributed by atoms with Crippen LogP contribution in [-0.4, -0.2) is 38.4 Å². The number of oxime groups is 1. The van der Waals surface area contributed by atoms with E-state index in [1.165, 1.54) is 12.1 Å². The van der Waals surface area contributed by atoms with Crippen LogP contribution in [0.1, 0.15) is 44.1 Å². The van der Waals surface area contributed by atoms with Crippen molar-refractivity contribution >= 4 is 21.8 Å². The molecule has 0 radical (unpaired) electrons. The summed E-state index contributed by atoms with van der Waals surface area (Å²) < 4.78 is 43.1. The van der Waals surface area contributed by atoms with Crippen molar-refractivity contribution in [3.8, 4) is 11.5 Å². The molecule has 176 valence electrons. The number of rotatable bonds is 9. The Morgan fingerprint density at radius 1 is 1.21 bits per heavy atom. The number of sulfone groups is 1. The smallest absolute Gasteiger partial charge is 0.175 e. The molecule has 0 heterocycles. The van der Waals surface area contributed by atoms with Crippen LogP contribution < -0.4 is 4.74 Å². The molecule has 1 N–H and O–H groups in total. The van der Waals surface area contributed by atoms with E-state index in [0.29, 0.717) is 37.2 Å². The Morgan fingerprint density at radius 2 is 2.00 bits per heavy atom. The zero-order valence-corrected chi connectivity index (χ0v) is 19.3. The minimum atomic E-state index is -3.53. The minimum Gasteiger partial charge on any atom is -0.512 e. The van der Waals surface area contributed by atoms with E-state index in [9.17, 15) is 22.7 Å². The number of nitrogens with zero attached hydrogens (tertiary/aromatic N) is 1. The van der Waals surface area contributed by atoms with Crippen LogP contribution in [0.25, 0.3) is 0 Å². The van der Waals surface area contributed by atoms with Crippen LogP contribution >= 0.6 is 0 Å². The van der Waals surface area contributed by atoms with Gasteiger partial charge in [-0.15, -0.1) is 0 Å². The van der Waals surface area contributed by atoms with Crippen LogP contribution in [-0.2, 0) is 19.5 Å². The molecule has 2 aromatic carbocycles. The molecule has 0 aromatic heterocycles. The molecule has 1 aliphatic carbocycles. The van der Waals surface area contributed by atoms with Crippen LogP contribution in [0.15, 0.2) is 63.8 Å². The zero-order chi connectivity index (χ0) is 24.0. The molecule has 1 unspecified atom stereocenters. The summed E-state index contributed by atoms with van der Waals surface area (Å²) in [6.45, 7) is 2.29. The average molecular weight is 476 g/mol. The summed E-state index contributed by atoms with van der Waals surface area (Å²) in [7, 11) is -3.53. The lowest BCUT2D eigenvalue weighted by molar-refractivity contribution is -0.116. The number of hydrogen-bond acceptors (Lipinski definition) is 7. The van der Waals surface area contributed by atoms with Crippen LogP contribution in [0.3, 0.4) is 0 Å². The molecule has 0 spiro atoms. The van der Waals surface area contributed by atoms with Gasteiger partial charge in [0.25, 0.3) is 0 Å². The van der Waals surface area contributed by atoms with Crippen molar-refractivity contribution in [3.63, 3.8) is 0 Å². The van der Waals surface area contributed by atoms with E-state index in [1.54, 1.807) is 24.4 Å². The van der Waals surface area contributed by atoms with E-state index in [4.69, 9.17) is 9.57 Å². The van der Waals surface area contributed by atoms with Gasteiger partial charge < -0.3 is 14.7 Å². The van der Waals surface area contributed by atoms with E-state index in [2.05, 4.69) is 5.16 Å². The van der Waals surface area contributed by atoms with Gasteiger partial charge in [-0.1, -0.05) is 17.3 Å². The van der Waals surface area contributed by atoms with Gasteiger partial charge in [0.05, 0.1) is 10.7 Å². The number of carbonyl (C=O) groups excluding carboxylic acids is 1. The molecule has 33 heavy (non-hydrogen) atoms. The van der Waals surface area contributed by atoms with Gasteiger partial charge in [-0.2, -0.15) is 0 Å². The maximum Gasteiger partial charge on any atom is 0.175 e. The van der Waals surface area contributed by atoms with Crippen LogP contribution in [0.4, 0.5) is 4.39 Å². The monoisotopic (exact) mass is 475 g/mol. The van der Waals surface area contributed by atoms with Gasteiger partial charge in [0, 0.05) is 30.9 Å². The summed E-state index contributed by atoms with van der Waals surface area (Å²) >= 11 is 0. The predicted octanol–water partition coefficient (Wildman–Crippen LogP) is 5.08. The standard InChI is InChI=1S/C24H26FNO6S/c1-3-31-26-11-5-8-20-22(27)13-17(14-23(20)28)16-6-4-7-18(12-16)32-24-10-9-19(15-21(24)25)33(2,29)30/h4,6-7,9-12,15,17,27H,3,5,8,13-14H2,1-2H3. The normalized spacial score (nSPS) is 16.9. The lowest BCUT2D eigenvalue weighted by Gasteiger charge is -2.24. The number of aliphatic hydroxyl groups is 1. The van der Waals surface area contributed by atoms with Crippen molar-refractivity contribution in [2.75, 3.05) is 12.9 Å². The van der Waals surface area contributed by atoms with E-state index < -0.39 is 15.7 Å². The molecule has 3 rings (SSSR count). The van der Waals surface area contributed by atoms with Crippen molar-refractivity contribution < 1.29 is 32.3 Å². The summed E-state index contributed by atoms with van der Waals surface area (Å²) in [4.78, 5) is 17.4. The summed E-state index contributed by atoms with van der Waals surface area (Å²) in [5.41, 5.74) is 1.19. The maximum atomic E-state index is 14.3. The molecule has 1 atom stereocenters. The SMILES string of the molecule is CCON=CCCC1=C(O)CC(c2cccc(Oc3ccc(S(C)(=O)=O)cc3F)c2)CC1=O. The molecule has 0 saturated heterocycles. The third-order valence-corrected chi connectivity index (χ3v) is 6.36. The number of benzene rings is 2. The average Bonchev–Trinajstić information content (AvgIpc) is 2.76. The van der Waals surface area contributed by atoms with Gasteiger partial charge in [0.1, 0.15) is 12.4 Å². The minimum absolute atomic E-state index is 0.0646. The Balaban J connectivity index is 1.72. The third-order valence-electron chi connectivity index (χ3n) is 5.25. The first-order valence-corrected chi connectivity index (χ1v) is 12.4. The number of allylic oxidation sites excluding steroid dienone is 2. The second kappa shape index (κ2) is 10.6. The topological polar surface area (TPSA) is 102 Å². The molecule has 0 saturated carbocycles. The van der Waals surface area contributed by atoms with Crippen LogP contribution in [0.2, 0.25) is 0 Å². The van der Waals surface area contributed by atoms with Gasteiger partial charge in [0.15, 0.2) is 27.2 Å². The summed E-state index contributed by atoms with van der Waals surface area (Å²) in [6, 6.07) is 10.3. The molecule has 1 aliphatic rings. The molecule has 0 aliphatic heterocycles. The molecular formula is C24H26FNO6S. The molecule has 0 amide bonds. The predicted molar refractivity (Wildman–Crippen MR) is 122 cm³/mol. The number of ketones is 1.